The van der Waals surface area contributed by atoms with Crippen LogP contribution in [0.3, 0.4) is 0 Å². The van der Waals surface area contributed by atoms with E-state index in [1.54, 1.807) is 5.92 Å². The van der Waals surface area contributed by atoms with Gasteiger partial charge in [-0.2, -0.15) is 0 Å². The first-order valence-corrected chi connectivity index (χ1v) is 6.55. The molecule has 0 heteroatoms. The van der Waals surface area contributed by atoms with Crippen LogP contribution in [0.2, 0.25) is 0 Å². The predicted octanol–water partition coefficient (Wildman–Crippen LogP) is 4.57. The minimum absolute atomic E-state index is 0.823. The lowest BCUT2D eigenvalue weighted by molar-refractivity contribution is 0.321. The first-order chi connectivity index (χ1) is 7.65. The van der Waals surface area contributed by atoms with Crippen LogP contribution in [0, 0.1) is 24.7 Å². The van der Waals surface area contributed by atoms with Crippen molar-refractivity contribution in [3.8, 4) is 0 Å². The van der Waals surface area contributed by atoms with Gasteiger partial charge in [-0.1, -0.05) is 36.8 Å². The highest BCUT2D eigenvalue weighted by Gasteiger charge is 2.34. The van der Waals surface area contributed by atoms with E-state index in [1.165, 1.54) is 36.8 Å². The van der Waals surface area contributed by atoms with Gasteiger partial charge in [0.15, 0.2) is 0 Å². The van der Waals surface area contributed by atoms with Crippen molar-refractivity contribution in [1.82, 2.24) is 0 Å². The van der Waals surface area contributed by atoms with E-state index in [9.17, 15) is 0 Å². The third-order valence-corrected chi connectivity index (χ3v) is 3.92. The maximum absolute atomic E-state index is 2.40. The molecule has 1 saturated carbocycles. The molecular formula is C16H23+. The molecule has 0 heterocycles. The largest absolute Gasteiger partial charge is 0.115 e. The fraction of sp³-hybridized carbons (Fsp3) is 0.562. The Bertz CT molecular complexity index is 340. The summed E-state index contributed by atoms with van der Waals surface area (Å²) in [5.41, 5.74) is 2.88. The van der Waals surface area contributed by atoms with E-state index in [-0.39, 0.29) is 0 Å². The summed E-state index contributed by atoms with van der Waals surface area (Å²) < 4.78 is 0. The molecule has 16 heavy (non-hydrogen) atoms. The van der Waals surface area contributed by atoms with Crippen LogP contribution in [0.1, 0.15) is 44.2 Å². The molecule has 1 aliphatic carbocycles. The number of benzene rings is 1. The van der Waals surface area contributed by atoms with Gasteiger partial charge in [0.2, 0.25) is 0 Å². The van der Waals surface area contributed by atoms with Crippen molar-refractivity contribution in [3.05, 3.63) is 41.3 Å². The van der Waals surface area contributed by atoms with E-state index in [4.69, 9.17) is 0 Å². The monoisotopic (exact) mass is 215 g/mol. The fourth-order valence-electron chi connectivity index (χ4n) is 2.91. The van der Waals surface area contributed by atoms with E-state index in [1.807, 2.05) is 0 Å². The molecule has 0 bridgehead atoms. The third kappa shape index (κ3) is 2.81. The summed E-state index contributed by atoms with van der Waals surface area (Å²) in [6, 6.07) is 8.96. The first-order valence-electron chi connectivity index (χ1n) is 6.55. The quantitative estimate of drug-likeness (QED) is 0.634. The van der Waals surface area contributed by atoms with Gasteiger partial charge in [-0.15, -0.1) is 0 Å². The van der Waals surface area contributed by atoms with Crippen LogP contribution in [-0.4, -0.2) is 0 Å². The average molecular weight is 215 g/mol. The van der Waals surface area contributed by atoms with Crippen molar-refractivity contribution in [2.75, 3.05) is 0 Å². The molecule has 1 fully saturated rings. The smallest absolute Gasteiger partial charge is 0.0622 e. The summed E-state index contributed by atoms with van der Waals surface area (Å²) >= 11 is 0. The first kappa shape index (κ1) is 11.6. The van der Waals surface area contributed by atoms with Gasteiger partial charge < -0.3 is 0 Å². The zero-order valence-corrected chi connectivity index (χ0v) is 10.8. The number of hydrogen-bond acceptors (Lipinski definition) is 0. The molecule has 0 spiro atoms. The van der Waals surface area contributed by atoms with Crippen LogP contribution in [-0.2, 0) is 6.42 Å². The van der Waals surface area contributed by atoms with Crippen molar-refractivity contribution in [2.45, 2.75) is 46.5 Å². The van der Waals surface area contributed by atoms with Crippen LogP contribution in [0.25, 0.3) is 0 Å². The summed E-state index contributed by atoms with van der Waals surface area (Å²) in [6.45, 7) is 6.97. The lowest BCUT2D eigenvalue weighted by Crippen LogP contribution is -2.21. The molecule has 0 radical (unpaired) electrons. The third-order valence-electron chi connectivity index (χ3n) is 3.92. The molecule has 0 saturated heterocycles. The molecular weight excluding hydrogens is 192 g/mol. The Hall–Kier alpha value is -0.910. The fourth-order valence-corrected chi connectivity index (χ4v) is 2.91. The van der Waals surface area contributed by atoms with Gasteiger partial charge in [-0.05, 0) is 38.2 Å². The number of aryl methyl sites for hydroxylation is 1. The van der Waals surface area contributed by atoms with Crippen molar-refractivity contribution in [2.24, 2.45) is 11.8 Å². The summed E-state index contributed by atoms with van der Waals surface area (Å²) in [5, 5.41) is 0. The Balaban J connectivity index is 1.99. The molecule has 2 atom stereocenters. The maximum atomic E-state index is 2.40. The van der Waals surface area contributed by atoms with Gasteiger partial charge >= 0.3 is 0 Å². The second kappa shape index (κ2) is 4.95. The van der Waals surface area contributed by atoms with Crippen molar-refractivity contribution >= 4 is 0 Å². The second-order valence-electron chi connectivity index (χ2n) is 5.60. The Morgan fingerprint density at radius 3 is 2.81 bits per heavy atom. The minimum atomic E-state index is 0.823. The topological polar surface area (TPSA) is 0 Å². The van der Waals surface area contributed by atoms with E-state index in [0.29, 0.717) is 0 Å². The van der Waals surface area contributed by atoms with Gasteiger partial charge in [0.05, 0.1) is 18.3 Å². The normalized spacial score (nSPS) is 25.8. The summed E-state index contributed by atoms with van der Waals surface area (Å²) in [4.78, 5) is 0. The minimum Gasteiger partial charge on any atom is -0.0622 e. The molecule has 2 unspecified atom stereocenters. The highest BCUT2D eigenvalue weighted by molar-refractivity contribution is 5.25. The van der Waals surface area contributed by atoms with Crippen molar-refractivity contribution in [1.29, 1.82) is 0 Å². The number of hydrogen-bond donors (Lipinski definition) is 0. The van der Waals surface area contributed by atoms with Crippen molar-refractivity contribution < 1.29 is 0 Å². The molecule has 0 aromatic heterocycles. The zero-order chi connectivity index (χ0) is 11.5. The molecule has 0 nitrogen and oxygen atoms in total. The van der Waals surface area contributed by atoms with Gasteiger partial charge in [0, 0.05) is 0 Å². The van der Waals surface area contributed by atoms with Crippen LogP contribution < -0.4 is 0 Å². The molecule has 0 aliphatic heterocycles. The second-order valence-corrected chi connectivity index (χ2v) is 5.60. The van der Waals surface area contributed by atoms with Crippen LogP contribution >= 0.6 is 0 Å². The summed E-state index contributed by atoms with van der Waals surface area (Å²) in [6.07, 6.45) is 5.33. The van der Waals surface area contributed by atoms with Crippen LogP contribution in [0.15, 0.2) is 24.3 Å². The Morgan fingerprint density at radius 2 is 2.12 bits per heavy atom. The Labute approximate surface area is 100 Å². The Morgan fingerprint density at radius 1 is 1.31 bits per heavy atom. The zero-order valence-electron chi connectivity index (χ0n) is 10.8. The highest BCUT2D eigenvalue weighted by atomic mass is 14.3. The van der Waals surface area contributed by atoms with E-state index in [0.717, 1.165) is 11.8 Å². The predicted molar refractivity (Wildman–Crippen MR) is 70.3 cm³/mol. The van der Waals surface area contributed by atoms with Gasteiger partial charge in [-0.25, -0.2) is 0 Å². The standard InChI is InChI=1S/C16H23/c1-12-5-4-6-15(10-12)11-16-8-7-13(2)9-14(16)3/h4-6,10,13-14H,7-9,11H2,1-3H3/q+1. The average Bonchev–Trinajstić information content (AvgIpc) is 2.22. The molecule has 1 aromatic rings. The molecule has 2 rings (SSSR count). The van der Waals surface area contributed by atoms with Crippen molar-refractivity contribution in [3.63, 3.8) is 0 Å². The van der Waals surface area contributed by atoms with Crippen LogP contribution in [0.5, 0.6) is 0 Å². The molecule has 1 aromatic carbocycles. The van der Waals surface area contributed by atoms with Gasteiger partial charge in [0.1, 0.15) is 6.42 Å². The lowest BCUT2D eigenvalue weighted by atomic mass is 9.73. The molecule has 0 N–H and O–H groups in total. The summed E-state index contributed by atoms with van der Waals surface area (Å²) in [7, 11) is 0. The van der Waals surface area contributed by atoms with Gasteiger partial charge in [0.25, 0.3) is 0 Å². The molecule has 1 aliphatic rings. The highest BCUT2D eigenvalue weighted by Crippen LogP contribution is 2.36. The van der Waals surface area contributed by atoms with E-state index in [2.05, 4.69) is 45.0 Å². The SMILES string of the molecule is Cc1cccc(C[C+]2CCC(C)CC2C)c1. The lowest BCUT2D eigenvalue weighted by Gasteiger charge is -2.24. The number of rotatable bonds is 2. The molecule has 86 valence electrons. The molecule has 0 amide bonds. The van der Waals surface area contributed by atoms with E-state index >= 15 is 0 Å². The van der Waals surface area contributed by atoms with E-state index < -0.39 is 0 Å². The van der Waals surface area contributed by atoms with Crippen LogP contribution in [0.4, 0.5) is 0 Å². The van der Waals surface area contributed by atoms with Gasteiger partial charge in [-0.3, -0.25) is 0 Å². The summed E-state index contributed by atoms with van der Waals surface area (Å²) in [5.74, 6) is 3.52. The maximum Gasteiger partial charge on any atom is 0.115 e. The Kier molecular flexibility index (Phi) is 3.58.